The first-order valence-corrected chi connectivity index (χ1v) is 10.4. The number of carbonyl (C=O) groups is 2. The van der Waals surface area contributed by atoms with E-state index >= 15 is 0 Å². The molecule has 1 amide bonds. The molecule has 7 heteroatoms. The Bertz CT molecular complexity index is 741. The lowest BCUT2D eigenvalue weighted by molar-refractivity contribution is -0.205. The van der Waals surface area contributed by atoms with E-state index in [1.54, 1.807) is 24.0 Å². The zero-order valence-corrected chi connectivity index (χ0v) is 18.6. The number of rotatable bonds is 1. The second kappa shape index (κ2) is 9.43. The van der Waals surface area contributed by atoms with Crippen molar-refractivity contribution in [2.24, 2.45) is 5.41 Å². The first-order chi connectivity index (χ1) is 13.8. The largest absolute Gasteiger partial charge is 0.481 e. The van der Waals surface area contributed by atoms with E-state index in [9.17, 15) is 14.3 Å². The number of ether oxygens (including phenoxy) is 1. The number of likely N-dealkylation sites (tertiary alicyclic amines) is 1. The molecular weight excluding hydrogens is 389 g/mol. The Morgan fingerprint density at radius 2 is 1.80 bits per heavy atom. The van der Waals surface area contributed by atoms with Crippen molar-refractivity contribution in [3.8, 4) is 0 Å². The molecular formula is C23H34FNO5. The molecule has 0 aromatic heterocycles. The fraction of sp³-hybridized carbons (Fsp3) is 0.652. The van der Waals surface area contributed by atoms with E-state index in [4.69, 9.17) is 14.6 Å². The number of nitrogens with zero attached hydrogens (tertiary/aromatic N) is 1. The highest BCUT2D eigenvalue weighted by Gasteiger charge is 2.46. The van der Waals surface area contributed by atoms with Crippen molar-refractivity contribution in [2.45, 2.75) is 78.1 Å². The quantitative estimate of drug-likeness (QED) is 0.718. The normalized spacial score (nSPS) is 23.5. The summed E-state index contributed by atoms with van der Waals surface area (Å²) in [5, 5.41) is 17.8. The maximum atomic E-state index is 14.1. The first kappa shape index (κ1) is 24.3. The molecule has 1 spiro atoms. The minimum atomic E-state index is -0.833. The third-order valence-electron chi connectivity index (χ3n) is 5.85. The molecule has 1 aromatic carbocycles. The highest BCUT2D eigenvalue weighted by atomic mass is 19.1. The van der Waals surface area contributed by atoms with Crippen molar-refractivity contribution in [3.63, 3.8) is 0 Å². The van der Waals surface area contributed by atoms with Crippen LogP contribution in [0.1, 0.15) is 69.3 Å². The van der Waals surface area contributed by atoms with Crippen LogP contribution in [0.25, 0.3) is 0 Å². The van der Waals surface area contributed by atoms with Gasteiger partial charge in [0, 0.05) is 32.9 Å². The smallest absolute Gasteiger partial charge is 0.300 e. The average Bonchev–Trinajstić information content (AvgIpc) is 2.60. The van der Waals surface area contributed by atoms with Gasteiger partial charge in [-0.05, 0) is 36.8 Å². The van der Waals surface area contributed by atoms with Crippen LogP contribution >= 0.6 is 0 Å². The van der Waals surface area contributed by atoms with Gasteiger partial charge in [-0.15, -0.1) is 0 Å². The number of carboxylic acids is 1. The van der Waals surface area contributed by atoms with Crippen molar-refractivity contribution in [1.29, 1.82) is 0 Å². The van der Waals surface area contributed by atoms with Gasteiger partial charge in [0.15, 0.2) is 0 Å². The summed E-state index contributed by atoms with van der Waals surface area (Å²) in [6.07, 6.45) is 2.25. The van der Waals surface area contributed by atoms with Crippen LogP contribution in [0.2, 0.25) is 0 Å². The number of hydrogen-bond donors (Lipinski definition) is 2. The predicted molar refractivity (Wildman–Crippen MR) is 112 cm³/mol. The number of hydrogen-bond acceptors (Lipinski definition) is 4. The van der Waals surface area contributed by atoms with Crippen LogP contribution in [0.5, 0.6) is 0 Å². The van der Waals surface area contributed by atoms with E-state index < -0.39 is 11.8 Å². The van der Waals surface area contributed by atoms with Crippen LogP contribution in [0, 0.1) is 18.2 Å². The number of aryl methyl sites for hydroxylation is 1. The molecule has 2 aliphatic heterocycles. The Morgan fingerprint density at radius 3 is 2.30 bits per heavy atom. The number of amides is 1. The molecule has 6 nitrogen and oxygen atoms in total. The molecule has 0 unspecified atom stereocenters. The number of aliphatic carboxylic acids is 1. The van der Waals surface area contributed by atoms with Crippen LogP contribution in [0.4, 0.5) is 4.39 Å². The van der Waals surface area contributed by atoms with Crippen molar-refractivity contribution >= 4 is 11.9 Å². The molecule has 0 saturated carbocycles. The van der Waals surface area contributed by atoms with Gasteiger partial charge in [-0.3, -0.25) is 9.59 Å². The molecule has 2 aliphatic rings. The number of halogens is 1. The fourth-order valence-electron chi connectivity index (χ4n) is 4.19. The molecule has 0 aliphatic carbocycles. The highest BCUT2D eigenvalue weighted by Crippen LogP contribution is 2.42. The van der Waals surface area contributed by atoms with Crippen molar-refractivity contribution < 1.29 is 28.9 Å². The second-order valence-electron chi connectivity index (χ2n) is 9.49. The summed E-state index contributed by atoms with van der Waals surface area (Å²) in [6, 6.07) is 4.72. The van der Waals surface area contributed by atoms with E-state index in [0.29, 0.717) is 44.3 Å². The average molecular weight is 424 g/mol. The molecule has 30 heavy (non-hydrogen) atoms. The Balaban J connectivity index is 0.000000735. The Morgan fingerprint density at radius 1 is 1.23 bits per heavy atom. The van der Waals surface area contributed by atoms with Gasteiger partial charge < -0.3 is 19.8 Å². The zero-order valence-electron chi connectivity index (χ0n) is 18.6. The van der Waals surface area contributed by atoms with E-state index in [2.05, 4.69) is 20.8 Å². The lowest BCUT2D eigenvalue weighted by Crippen LogP contribution is -2.55. The molecule has 168 valence electrons. The molecule has 2 N–H and O–H groups in total. The van der Waals surface area contributed by atoms with E-state index in [0.717, 1.165) is 6.92 Å². The third-order valence-corrected chi connectivity index (χ3v) is 5.85. The number of aliphatic hydroxyl groups excluding tert-OH is 1. The maximum absolute atomic E-state index is 14.1. The number of carbonyl (C=O) groups excluding carboxylic acids is 1. The van der Waals surface area contributed by atoms with Crippen LogP contribution in [-0.4, -0.2) is 57.9 Å². The molecule has 2 heterocycles. The lowest BCUT2D eigenvalue weighted by atomic mass is 9.76. The fourth-order valence-corrected chi connectivity index (χ4v) is 4.19. The van der Waals surface area contributed by atoms with Gasteiger partial charge in [-0.2, -0.15) is 0 Å². The maximum Gasteiger partial charge on any atom is 0.300 e. The van der Waals surface area contributed by atoms with Gasteiger partial charge >= 0.3 is 0 Å². The Kier molecular flexibility index (Phi) is 7.64. The standard InChI is InChI=1S/C21H30FNO3.C2H4O2/c1-14-6-5-7-16(22)18(14)19(25)23-10-8-21(9-11-23)13-15(24)12-17(26-21)20(2,3)4;1-2(3)4/h5-7,15,17,24H,8-13H2,1-4H3;1H3,(H,3,4)/t15-,17-;/m1./s1. The van der Waals surface area contributed by atoms with E-state index in [1.165, 1.54) is 6.07 Å². The van der Waals surface area contributed by atoms with Gasteiger partial charge in [0.2, 0.25) is 0 Å². The topological polar surface area (TPSA) is 87.1 Å². The third kappa shape index (κ3) is 6.01. The molecule has 2 fully saturated rings. The van der Waals surface area contributed by atoms with Gasteiger partial charge in [0.1, 0.15) is 5.82 Å². The summed E-state index contributed by atoms with van der Waals surface area (Å²) in [6.45, 7) is 10.3. The summed E-state index contributed by atoms with van der Waals surface area (Å²) in [4.78, 5) is 23.5. The Labute approximate surface area is 178 Å². The molecule has 2 atom stereocenters. The van der Waals surface area contributed by atoms with Gasteiger partial charge in [-0.1, -0.05) is 32.9 Å². The van der Waals surface area contributed by atoms with Crippen LogP contribution < -0.4 is 0 Å². The number of benzene rings is 1. The summed E-state index contributed by atoms with van der Waals surface area (Å²) in [7, 11) is 0. The van der Waals surface area contributed by atoms with Crippen molar-refractivity contribution in [3.05, 3.63) is 35.1 Å². The second-order valence-corrected chi connectivity index (χ2v) is 9.49. The first-order valence-electron chi connectivity index (χ1n) is 10.4. The molecule has 3 rings (SSSR count). The summed E-state index contributed by atoms with van der Waals surface area (Å²) >= 11 is 0. The van der Waals surface area contributed by atoms with Crippen molar-refractivity contribution in [2.75, 3.05) is 13.1 Å². The van der Waals surface area contributed by atoms with Gasteiger partial charge in [0.05, 0.1) is 23.4 Å². The monoisotopic (exact) mass is 423 g/mol. The van der Waals surface area contributed by atoms with Crippen LogP contribution in [0.15, 0.2) is 18.2 Å². The summed E-state index contributed by atoms with van der Waals surface area (Å²) in [5.41, 5.74) is 0.413. The zero-order chi connectivity index (χ0) is 22.7. The number of piperidine rings is 1. The lowest BCUT2D eigenvalue weighted by Gasteiger charge is -2.50. The van der Waals surface area contributed by atoms with E-state index in [1.807, 2.05) is 0 Å². The summed E-state index contributed by atoms with van der Waals surface area (Å²) in [5.74, 6) is -1.55. The molecule has 2 saturated heterocycles. The van der Waals surface area contributed by atoms with Crippen LogP contribution in [0.3, 0.4) is 0 Å². The SMILES string of the molecule is CC(=O)O.Cc1cccc(F)c1C(=O)N1CCC2(CC1)C[C@H](O)C[C@H](C(C)(C)C)O2. The molecule has 1 aromatic rings. The molecule has 0 radical (unpaired) electrons. The molecule has 0 bridgehead atoms. The predicted octanol–water partition coefficient (Wildman–Crippen LogP) is 3.79. The van der Waals surface area contributed by atoms with Gasteiger partial charge in [-0.25, -0.2) is 4.39 Å². The number of carboxylic acid groups (broad SMARTS) is 1. The minimum absolute atomic E-state index is 0.00214. The Hall–Kier alpha value is -1.99. The number of aliphatic hydroxyl groups is 1. The van der Waals surface area contributed by atoms with E-state index in [-0.39, 0.29) is 34.7 Å². The van der Waals surface area contributed by atoms with Gasteiger partial charge in [0.25, 0.3) is 11.9 Å². The summed E-state index contributed by atoms with van der Waals surface area (Å²) < 4.78 is 20.6. The highest BCUT2D eigenvalue weighted by molar-refractivity contribution is 5.96. The minimum Gasteiger partial charge on any atom is -0.481 e. The van der Waals surface area contributed by atoms with Crippen molar-refractivity contribution in [1.82, 2.24) is 4.90 Å². The van der Waals surface area contributed by atoms with Crippen LogP contribution in [-0.2, 0) is 9.53 Å².